The van der Waals surface area contributed by atoms with Gasteiger partial charge in [0.2, 0.25) is 0 Å². The molecule has 3 nitrogen and oxygen atoms in total. The van der Waals surface area contributed by atoms with Crippen LogP contribution in [-0.2, 0) is 4.79 Å². The minimum absolute atomic E-state index is 0.108. The second-order valence-electron chi connectivity index (χ2n) is 3.20. The Morgan fingerprint density at radius 2 is 2.30 bits per heavy atom. The fourth-order valence-electron chi connectivity index (χ4n) is 1.32. The lowest BCUT2D eigenvalue weighted by molar-refractivity contribution is -0.121. The minimum atomic E-state index is -0.547. The molecule has 1 saturated heterocycles. The van der Waals surface area contributed by atoms with Crippen LogP contribution in [0.3, 0.4) is 0 Å². The van der Waals surface area contributed by atoms with Crippen LogP contribution < -0.4 is 5.73 Å². The van der Waals surface area contributed by atoms with E-state index in [0.29, 0.717) is 6.54 Å². The van der Waals surface area contributed by atoms with Crippen molar-refractivity contribution in [3.63, 3.8) is 0 Å². The fourth-order valence-corrected chi connectivity index (χ4v) is 1.32. The van der Waals surface area contributed by atoms with Gasteiger partial charge in [-0.1, -0.05) is 0 Å². The van der Waals surface area contributed by atoms with Crippen molar-refractivity contribution in [1.29, 1.82) is 0 Å². The van der Waals surface area contributed by atoms with Crippen molar-refractivity contribution in [2.24, 2.45) is 5.73 Å². The van der Waals surface area contributed by atoms with Gasteiger partial charge < -0.3 is 10.6 Å². The van der Waals surface area contributed by atoms with Crippen molar-refractivity contribution < 1.29 is 4.79 Å². The summed E-state index contributed by atoms with van der Waals surface area (Å²) in [4.78, 5) is 13.0. The van der Waals surface area contributed by atoms with E-state index in [0.717, 1.165) is 13.0 Å². The van der Waals surface area contributed by atoms with Crippen molar-refractivity contribution in [2.75, 3.05) is 20.1 Å². The van der Waals surface area contributed by atoms with Crippen molar-refractivity contribution in [3.05, 3.63) is 0 Å². The molecule has 58 valence electrons. The molecular weight excluding hydrogens is 128 g/mol. The zero-order valence-corrected chi connectivity index (χ0v) is 6.55. The average Bonchev–Trinajstić information content (AvgIpc) is 2.13. The second-order valence-corrected chi connectivity index (χ2v) is 3.20. The summed E-state index contributed by atoms with van der Waals surface area (Å²) in [6.45, 7) is 3.22. The van der Waals surface area contributed by atoms with Gasteiger partial charge in [-0.15, -0.1) is 0 Å². The van der Waals surface area contributed by atoms with Gasteiger partial charge in [0.05, 0.1) is 5.54 Å². The van der Waals surface area contributed by atoms with E-state index in [2.05, 4.69) is 4.90 Å². The number of likely N-dealkylation sites (tertiary alicyclic amines) is 1. The van der Waals surface area contributed by atoms with Gasteiger partial charge in [0, 0.05) is 13.1 Å². The topological polar surface area (TPSA) is 46.3 Å². The van der Waals surface area contributed by atoms with E-state index in [4.69, 9.17) is 5.73 Å². The zero-order chi connectivity index (χ0) is 7.78. The number of ketones is 1. The molecule has 0 aromatic rings. The van der Waals surface area contributed by atoms with Crippen LogP contribution in [0.2, 0.25) is 0 Å². The number of nitrogens with two attached hydrogens (primary N) is 1. The molecule has 2 N–H and O–H groups in total. The van der Waals surface area contributed by atoms with Crippen LogP contribution in [0.4, 0.5) is 0 Å². The highest BCUT2D eigenvalue weighted by molar-refractivity contribution is 5.86. The van der Waals surface area contributed by atoms with Crippen molar-refractivity contribution in [3.8, 4) is 0 Å². The van der Waals surface area contributed by atoms with Gasteiger partial charge in [0.1, 0.15) is 0 Å². The summed E-state index contributed by atoms with van der Waals surface area (Å²) < 4.78 is 0. The normalized spacial score (nSPS) is 34.7. The predicted octanol–water partition coefficient (Wildman–Crippen LogP) is -0.392. The maximum absolute atomic E-state index is 11.0. The molecule has 0 radical (unpaired) electrons. The average molecular weight is 142 g/mol. The van der Waals surface area contributed by atoms with Crippen LogP contribution in [0.15, 0.2) is 0 Å². The number of rotatable bonds is 1. The van der Waals surface area contributed by atoms with Crippen LogP contribution >= 0.6 is 0 Å². The molecule has 0 aromatic heterocycles. The molecule has 10 heavy (non-hydrogen) atoms. The fraction of sp³-hybridized carbons (Fsp3) is 0.857. The Hall–Kier alpha value is -0.410. The van der Waals surface area contributed by atoms with Gasteiger partial charge in [0.15, 0.2) is 5.78 Å². The largest absolute Gasteiger partial charge is 0.318 e. The summed E-state index contributed by atoms with van der Waals surface area (Å²) in [7, 11) is 1.98. The third-order valence-corrected chi connectivity index (χ3v) is 2.19. The van der Waals surface area contributed by atoms with Crippen molar-refractivity contribution in [1.82, 2.24) is 4.90 Å². The van der Waals surface area contributed by atoms with Crippen LogP contribution in [0.5, 0.6) is 0 Å². The maximum atomic E-state index is 11.0. The molecule has 0 spiro atoms. The predicted molar refractivity (Wildman–Crippen MR) is 39.7 cm³/mol. The molecular formula is C7H14N2O. The molecule has 0 bridgehead atoms. The first-order valence-electron chi connectivity index (χ1n) is 3.53. The third-order valence-electron chi connectivity index (χ3n) is 2.19. The molecule has 0 aliphatic carbocycles. The van der Waals surface area contributed by atoms with Gasteiger partial charge in [-0.2, -0.15) is 0 Å². The summed E-state index contributed by atoms with van der Waals surface area (Å²) in [5.41, 5.74) is 5.25. The quantitative estimate of drug-likeness (QED) is 0.542. The van der Waals surface area contributed by atoms with Gasteiger partial charge in [0.25, 0.3) is 0 Å². The lowest BCUT2D eigenvalue weighted by atomic mass is 9.96. The van der Waals surface area contributed by atoms with E-state index >= 15 is 0 Å². The number of hydrogen-bond donors (Lipinski definition) is 1. The Balaban J connectivity index is 2.63. The molecule has 1 atom stereocenters. The summed E-state index contributed by atoms with van der Waals surface area (Å²) >= 11 is 0. The minimum Gasteiger partial charge on any atom is -0.318 e. The Morgan fingerprint density at radius 3 is 2.50 bits per heavy atom. The van der Waals surface area contributed by atoms with Crippen LogP contribution in [0, 0.1) is 0 Å². The summed E-state index contributed by atoms with van der Waals surface area (Å²) in [5, 5.41) is 0. The van der Waals surface area contributed by atoms with E-state index < -0.39 is 5.54 Å². The van der Waals surface area contributed by atoms with E-state index in [-0.39, 0.29) is 5.78 Å². The number of Topliss-reactive ketones (excluding diaryl/α,β-unsaturated/α-hetero) is 1. The Morgan fingerprint density at radius 1 is 1.70 bits per heavy atom. The molecule has 1 aliphatic heterocycles. The summed E-state index contributed by atoms with van der Waals surface area (Å²) in [5.74, 6) is 0.108. The molecule has 1 rings (SSSR count). The maximum Gasteiger partial charge on any atom is 0.150 e. The number of hydrogen-bond acceptors (Lipinski definition) is 3. The molecule has 3 heteroatoms. The molecule has 1 aliphatic rings. The highest BCUT2D eigenvalue weighted by Gasteiger charge is 2.36. The molecule has 1 heterocycles. The Labute approximate surface area is 61.2 Å². The van der Waals surface area contributed by atoms with Crippen LogP contribution in [0.25, 0.3) is 0 Å². The number of carbonyl (C=O) groups is 1. The van der Waals surface area contributed by atoms with Crippen LogP contribution in [-0.4, -0.2) is 36.4 Å². The van der Waals surface area contributed by atoms with E-state index in [1.807, 2.05) is 7.05 Å². The summed E-state index contributed by atoms with van der Waals surface area (Å²) in [6.07, 6.45) is 0.804. The lowest BCUT2D eigenvalue weighted by Crippen LogP contribution is -2.48. The smallest absolute Gasteiger partial charge is 0.150 e. The Bertz CT molecular complexity index is 158. The van der Waals surface area contributed by atoms with Gasteiger partial charge in [-0.25, -0.2) is 0 Å². The molecule has 0 amide bonds. The Kier molecular flexibility index (Phi) is 1.79. The SMILES string of the molecule is CC(=O)C1(N)CCN(C)C1. The zero-order valence-electron chi connectivity index (χ0n) is 6.55. The number of likely N-dealkylation sites (N-methyl/N-ethyl adjacent to an activating group) is 1. The van der Waals surface area contributed by atoms with E-state index in [9.17, 15) is 4.79 Å². The summed E-state index contributed by atoms with van der Waals surface area (Å²) in [6, 6.07) is 0. The lowest BCUT2D eigenvalue weighted by Gasteiger charge is -2.19. The van der Waals surface area contributed by atoms with Gasteiger partial charge >= 0.3 is 0 Å². The first-order chi connectivity index (χ1) is 4.54. The highest BCUT2D eigenvalue weighted by atomic mass is 16.1. The second kappa shape index (κ2) is 2.32. The van der Waals surface area contributed by atoms with Gasteiger partial charge in [-0.3, -0.25) is 4.79 Å². The monoisotopic (exact) mass is 142 g/mol. The number of carbonyl (C=O) groups excluding carboxylic acids is 1. The van der Waals surface area contributed by atoms with Crippen molar-refractivity contribution in [2.45, 2.75) is 18.9 Å². The van der Waals surface area contributed by atoms with Crippen LogP contribution in [0.1, 0.15) is 13.3 Å². The van der Waals surface area contributed by atoms with E-state index in [1.54, 1.807) is 6.92 Å². The van der Waals surface area contributed by atoms with Gasteiger partial charge in [-0.05, 0) is 20.4 Å². The molecule has 0 aromatic carbocycles. The number of nitrogens with zero attached hydrogens (tertiary/aromatic N) is 1. The first kappa shape index (κ1) is 7.69. The van der Waals surface area contributed by atoms with Crippen molar-refractivity contribution >= 4 is 5.78 Å². The molecule has 1 fully saturated rings. The third kappa shape index (κ3) is 1.20. The first-order valence-corrected chi connectivity index (χ1v) is 3.53. The molecule has 0 saturated carbocycles. The highest BCUT2D eigenvalue weighted by Crippen LogP contribution is 2.17. The molecule has 1 unspecified atom stereocenters. The standard InChI is InChI=1S/C7H14N2O/c1-6(10)7(8)3-4-9(2)5-7/h3-5,8H2,1-2H3. The van der Waals surface area contributed by atoms with E-state index in [1.165, 1.54) is 0 Å².